The summed E-state index contributed by atoms with van der Waals surface area (Å²) in [6.07, 6.45) is 1.85. The maximum Gasteiger partial charge on any atom is 0.252 e. The van der Waals surface area contributed by atoms with Crippen molar-refractivity contribution in [1.29, 1.82) is 0 Å². The van der Waals surface area contributed by atoms with Gasteiger partial charge in [-0.2, -0.15) is 0 Å². The van der Waals surface area contributed by atoms with E-state index in [0.29, 0.717) is 18.7 Å². The number of benzene rings is 1. The monoisotopic (exact) mass is 275 g/mol. The van der Waals surface area contributed by atoms with Crippen LogP contribution in [0.3, 0.4) is 0 Å². The number of hydrogen-bond donors (Lipinski definition) is 2. The van der Waals surface area contributed by atoms with Crippen molar-refractivity contribution in [2.75, 3.05) is 40.4 Å². The van der Waals surface area contributed by atoms with Gasteiger partial charge in [0.05, 0.1) is 6.61 Å². The first kappa shape index (κ1) is 14.6. The highest BCUT2D eigenvalue weighted by Gasteiger charge is 2.09. The molecule has 0 saturated heterocycles. The fourth-order valence-electron chi connectivity index (χ4n) is 2.10. The maximum absolute atomic E-state index is 12.2. The zero-order valence-electron chi connectivity index (χ0n) is 12.0. The number of nitrogens with one attached hydrogen (secondary N) is 2. The zero-order chi connectivity index (χ0) is 14.4. The molecule has 1 heterocycles. The molecule has 5 heteroatoms. The third-order valence-corrected chi connectivity index (χ3v) is 3.30. The Kier molecular flexibility index (Phi) is 5.15. The van der Waals surface area contributed by atoms with Gasteiger partial charge < -0.3 is 19.9 Å². The van der Waals surface area contributed by atoms with Crippen LogP contribution in [0.4, 0.5) is 0 Å². The zero-order valence-corrected chi connectivity index (χ0v) is 12.0. The number of aromatic amines is 1. The lowest BCUT2D eigenvalue weighted by molar-refractivity contribution is 0.0949. The van der Waals surface area contributed by atoms with Crippen molar-refractivity contribution in [3.05, 3.63) is 36.0 Å². The summed E-state index contributed by atoms with van der Waals surface area (Å²) in [4.78, 5) is 17.4. The normalized spacial score (nSPS) is 11.2. The number of carbonyl (C=O) groups is 1. The van der Waals surface area contributed by atoms with E-state index in [4.69, 9.17) is 4.74 Å². The second-order valence-electron chi connectivity index (χ2n) is 4.80. The minimum Gasteiger partial charge on any atom is -0.383 e. The van der Waals surface area contributed by atoms with Crippen LogP contribution in [0, 0.1) is 0 Å². The summed E-state index contributed by atoms with van der Waals surface area (Å²) in [6.45, 7) is 2.99. The van der Waals surface area contributed by atoms with E-state index < -0.39 is 0 Å². The van der Waals surface area contributed by atoms with Crippen LogP contribution < -0.4 is 5.32 Å². The van der Waals surface area contributed by atoms with Crippen LogP contribution in [0.1, 0.15) is 10.4 Å². The summed E-state index contributed by atoms with van der Waals surface area (Å²) in [7, 11) is 3.70. The molecule has 1 aromatic heterocycles. The summed E-state index contributed by atoms with van der Waals surface area (Å²) in [5, 5.41) is 3.91. The second-order valence-corrected chi connectivity index (χ2v) is 4.80. The van der Waals surface area contributed by atoms with Gasteiger partial charge >= 0.3 is 0 Å². The Bertz CT molecular complexity index is 565. The van der Waals surface area contributed by atoms with E-state index in [1.807, 2.05) is 37.5 Å². The van der Waals surface area contributed by atoms with Gasteiger partial charge in [0.1, 0.15) is 0 Å². The van der Waals surface area contributed by atoms with Gasteiger partial charge in [0.25, 0.3) is 5.91 Å². The molecular weight excluding hydrogens is 254 g/mol. The highest BCUT2D eigenvalue weighted by Crippen LogP contribution is 2.16. The minimum absolute atomic E-state index is 0.0321. The van der Waals surface area contributed by atoms with E-state index >= 15 is 0 Å². The molecule has 0 atom stereocenters. The molecule has 2 N–H and O–H groups in total. The molecule has 2 aromatic rings. The third-order valence-electron chi connectivity index (χ3n) is 3.30. The molecule has 0 bridgehead atoms. The van der Waals surface area contributed by atoms with Gasteiger partial charge in [0, 0.05) is 49.4 Å². The quantitative estimate of drug-likeness (QED) is 0.804. The summed E-state index contributed by atoms with van der Waals surface area (Å²) < 4.78 is 5.02. The third kappa shape index (κ3) is 3.59. The van der Waals surface area contributed by atoms with Crippen LogP contribution in [-0.4, -0.2) is 56.2 Å². The van der Waals surface area contributed by atoms with Gasteiger partial charge in [-0.25, -0.2) is 0 Å². The van der Waals surface area contributed by atoms with Gasteiger partial charge in [-0.3, -0.25) is 4.79 Å². The van der Waals surface area contributed by atoms with Gasteiger partial charge in [0.2, 0.25) is 0 Å². The van der Waals surface area contributed by atoms with Crippen LogP contribution in [0.2, 0.25) is 0 Å². The van der Waals surface area contributed by atoms with E-state index in [2.05, 4.69) is 15.2 Å². The van der Waals surface area contributed by atoms with Gasteiger partial charge in [-0.1, -0.05) is 6.07 Å². The molecule has 0 radical (unpaired) electrons. The topological polar surface area (TPSA) is 57.4 Å². The molecule has 0 aliphatic carbocycles. The molecular formula is C15H21N3O2. The number of nitrogens with zero attached hydrogens (tertiary/aromatic N) is 1. The Morgan fingerprint density at radius 1 is 1.35 bits per heavy atom. The number of ether oxygens (including phenoxy) is 1. The average Bonchev–Trinajstić information content (AvgIpc) is 2.93. The first-order valence-electron chi connectivity index (χ1n) is 6.74. The van der Waals surface area contributed by atoms with Gasteiger partial charge in [0.15, 0.2) is 0 Å². The van der Waals surface area contributed by atoms with E-state index in [-0.39, 0.29) is 5.91 Å². The molecule has 0 aliphatic rings. The number of hydrogen-bond acceptors (Lipinski definition) is 3. The number of likely N-dealkylation sites (N-methyl/N-ethyl adjacent to an activating group) is 1. The van der Waals surface area contributed by atoms with Crippen LogP contribution in [0.25, 0.3) is 10.9 Å². The summed E-state index contributed by atoms with van der Waals surface area (Å²) in [5.74, 6) is -0.0321. The summed E-state index contributed by atoms with van der Waals surface area (Å²) in [5.41, 5.74) is 1.69. The smallest absolute Gasteiger partial charge is 0.252 e. The molecule has 5 nitrogen and oxygen atoms in total. The van der Waals surface area contributed by atoms with Crippen molar-refractivity contribution in [3.63, 3.8) is 0 Å². The fraction of sp³-hybridized carbons (Fsp3) is 0.400. The number of carbonyl (C=O) groups excluding carboxylic acids is 1. The van der Waals surface area contributed by atoms with E-state index in [0.717, 1.165) is 24.0 Å². The maximum atomic E-state index is 12.2. The second kappa shape index (κ2) is 7.07. The average molecular weight is 275 g/mol. The molecule has 0 aliphatic heterocycles. The number of methoxy groups -OCH3 is 1. The number of fused-ring (bicyclic) bond motifs is 1. The molecule has 0 fully saturated rings. The van der Waals surface area contributed by atoms with Crippen LogP contribution in [-0.2, 0) is 4.74 Å². The molecule has 0 unspecified atom stereocenters. The molecule has 0 spiro atoms. The molecule has 0 saturated carbocycles. The number of amides is 1. The lowest BCUT2D eigenvalue weighted by Crippen LogP contribution is -2.34. The fourth-order valence-corrected chi connectivity index (χ4v) is 2.10. The van der Waals surface area contributed by atoms with Crippen molar-refractivity contribution < 1.29 is 9.53 Å². The van der Waals surface area contributed by atoms with Crippen molar-refractivity contribution in [3.8, 4) is 0 Å². The molecule has 2 rings (SSSR count). The van der Waals surface area contributed by atoms with Crippen molar-refractivity contribution in [2.24, 2.45) is 0 Å². The predicted octanol–water partition coefficient (Wildman–Crippen LogP) is 1.48. The Morgan fingerprint density at radius 3 is 3.00 bits per heavy atom. The first-order chi connectivity index (χ1) is 9.72. The van der Waals surface area contributed by atoms with E-state index in [9.17, 15) is 4.79 Å². The van der Waals surface area contributed by atoms with Crippen molar-refractivity contribution in [2.45, 2.75) is 0 Å². The largest absolute Gasteiger partial charge is 0.383 e. The highest BCUT2D eigenvalue weighted by molar-refractivity contribution is 6.06. The Labute approximate surface area is 118 Å². The van der Waals surface area contributed by atoms with Crippen LogP contribution >= 0.6 is 0 Å². The Hall–Kier alpha value is -1.85. The molecule has 1 amide bonds. The molecule has 1 aromatic carbocycles. The van der Waals surface area contributed by atoms with Crippen molar-refractivity contribution >= 4 is 16.8 Å². The van der Waals surface area contributed by atoms with E-state index in [1.54, 1.807) is 7.11 Å². The standard InChI is InChI=1S/C15H21N3O2/c1-18(10-11-20-2)9-8-17-15(19)13-4-3-5-14-12(13)6-7-16-14/h3-7,16H,8-11H2,1-2H3,(H,17,19). The predicted molar refractivity (Wildman–Crippen MR) is 80.0 cm³/mol. The number of H-pyrrole nitrogens is 1. The SMILES string of the molecule is COCCN(C)CCNC(=O)c1cccc2[nH]ccc12. The Morgan fingerprint density at radius 2 is 2.20 bits per heavy atom. The first-order valence-corrected chi connectivity index (χ1v) is 6.74. The van der Waals surface area contributed by atoms with Gasteiger partial charge in [-0.05, 0) is 25.2 Å². The van der Waals surface area contributed by atoms with Crippen LogP contribution in [0.5, 0.6) is 0 Å². The summed E-state index contributed by atoms with van der Waals surface area (Å²) >= 11 is 0. The van der Waals surface area contributed by atoms with E-state index in [1.165, 1.54) is 0 Å². The minimum atomic E-state index is -0.0321. The molecule has 108 valence electrons. The summed E-state index contributed by atoms with van der Waals surface area (Å²) in [6, 6.07) is 7.62. The lowest BCUT2D eigenvalue weighted by atomic mass is 10.1. The Balaban J connectivity index is 1.87. The van der Waals surface area contributed by atoms with Crippen LogP contribution in [0.15, 0.2) is 30.5 Å². The van der Waals surface area contributed by atoms with Gasteiger partial charge in [-0.15, -0.1) is 0 Å². The number of aromatic nitrogens is 1. The van der Waals surface area contributed by atoms with Crippen molar-refractivity contribution in [1.82, 2.24) is 15.2 Å². The number of rotatable bonds is 7. The lowest BCUT2D eigenvalue weighted by Gasteiger charge is -2.16. The highest BCUT2D eigenvalue weighted by atomic mass is 16.5. The molecule has 20 heavy (non-hydrogen) atoms.